The van der Waals surface area contributed by atoms with Crippen LogP contribution in [0.25, 0.3) is 0 Å². The number of benzene rings is 4. The van der Waals surface area contributed by atoms with Crippen molar-refractivity contribution in [1.29, 1.82) is 0 Å². The standard InChI is InChI=1S/C36H40ClN3O5S/c1-4-45-32-21-19-31(20-22-32)40(46(43,44)33-13-9-6-10-14-33)26-35(41)39(25-29-15-17-30(37)18-16-29)34(36(42)38-24-27(2)3)23-28-11-7-5-8-12-28/h5-22,27,34H,4,23-26H2,1-3H3,(H,38,42). The van der Waals surface area contributed by atoms with Crippen LogP contribution in [0.5, 0.6) is 5.75 Å². The van der Waals surface area contributed by atoms with Crippen molar-refractivity contribution in [1.82, 2.24) is 10.2 Å². The molecule has 0 saturated carbocycles. The Balaban J connectivity index is 1.78. The molecule has 0 bridgehead atoms. The topological polar surface area (TPSA) is 96.0 Å². The van der Waals surface area contributed by atoms with Crippen molar-refractivity contribution < 1.29 is 22.7 Å². The number of nitrogens with one attached hydrogen (secondary N) is 1. The quantitative estimate of drug-likeness (QED) is 0.160. The van der Waals surface area contributed by atoms with E-state index >= 15 is 0 Å². The number of sulfonamides is 1. The van der Waals surface area contributed by atoms with E-state index in [1.54, 1.807) is 66.7 Å². The zero-order valence-electron chi connectivity index (χ0n) is 26.3. The molecule has 1 N–H and O–H groups in total. The van der Waals surface area contributed by atoms with E-state index in [9.17, 15) is 18.0 Å². The van der Waals surface area contributed by atoms with E-state index in [2.05, 4.69) is 5.32 Å². The lowest BCUT2D eigenvalue weighted by Gasteiger charge is -2.34. The Morgan fingerprint density at radius 2 is 1.43 bits per heavy atom. The summed E-state index contributed by atoms with van der Waals surface area (Å²) in [6.45, 7) is 6.24. The van der Waals surface area contributed by atoms with Gasteiger partial charge in [-0.1, -0.05) is 86.1 Å². The summed E-state index contributed by atoms with van der Waals surface area (Å²) in [6.07, 6.45) is 0.235. The third-order valence-corrected chi connectivity index (χ3v) is 9.31. The third kappa shape index (κ3) is 9.34. The predicted octanol–water partition coefficient (Wildman–Crippen LogP) is 6.35. The summed E-state index contributed by atoms with van der Waals surface area (Å²) in [4.78, 5) is 29.9. The number of rotatable bonds is 15. The molecule has 10 heteroatoms. The van der Waals surface area contributed by atoms with E-state index < -0.39 is 28.5 Å². The average molecular weight is 662 g/mol. The molecule has 4 rings (SSSR count). The van der Waals surface area contributed by atoms with Crippen molar-refractivity contribution in [2.45, 2.75) is 44.7 Å². The van der Waals surface area contributed by atoms with Crippen LogP contribution in [0.4, 0.5) is 5.69 Å². The van der Waals surface area contributed by atoms with Gasteiger partial charge in [-0.2, -0.15) is 0 Å². The molecule has 0 heterocycles. The highest BCUT2D eigenvalue weighted by Gasteiger charge is 2.34. The Bertz CT molecular complexity index is 1670. The van der Waals surface area contributed by atoms with Gasteiger partial charge in [0.1, 0.15) is 18.3 Å². The van der Waals surface area contributed by atoms with E-state index in [1.165, 1.54) is 17.0 Å². The number of nitrogens with zero attached hydrogens (tertiary/aromatic N) is 2. The number of halogens is 1. The van der Waals surface area contributed by atoms with Gasteiger partial charge in [0.25, 0.3) is 10.0 Å². The summed E-state index contributed by atoms with van der Waals surface area (Å²) in [5.41, 5.74) is 1.89. The Labute approximate surface area is 277 Å². The molecule has 0 aliphatic rings. The first-order valence-corrected chi connectivity index (χ1v) is 17.1. The first-order valence-electron chi connectivity index (χ1n) is 15.2. The van der Waals surface area contributed by atoms with Crippen molar-refractivity contribution in [3.8, 4) is 5.75 Å². The van der Waals surface area contributed by atoms with Crippen molar-refractivity contribution in [2.75, 3.05) is 24.0 Å². The fourth-order valence-electron chi connectivity index (χ4n) is 4.89. The summed E-state index contributed by atoms with van der Waals surface area (Å²) < 4.78 is 34.8. The maximum absolute atomic E-state index is 14.5. The summed E-state index contributed by atoms with van der Waals surface area (Å²) in [7, 11) is -4.19. The van der Waals surface area contributed by atoms with Gasteiger partial charge < -0.3 is 15.0 Å². The number of carbonyl (C=O) groups is 2. The minimum atomic E-state index is -4.19. The number of carbonyl (C=O) groups excluding carboxylic acids is 2. The zero-order chi connectivity index (χ0) is 33.1. The van der Waals surface area contributed by atoms with Crippen LogP contribution in [0.1, 0.15) is 31.9 Å². The lowest BCUT2D eigenvalue weighted by atomic mass is 10.0. The van der Waals surface area contributed by atoms with E-state index in [4.69, 9.17) is 16.3 Å². The number of hydrogen-bond acceptors (Lipinski definition) is 5. The summed E-state index contributed by atoms with van der Waals surface area (Å²) >= 11 is 6.15. The van der Waals surface area contributed by atoms with Crippen molar-refractivity contribution >= 4 is 39.1 Å². The minimum absolute atomic E-state index is 0.0384. The van der Waals surface area contributed by atoms with Crippen LogP contribution < -0.4 is 14.4 Å². The maximum Gasteiger partial charge on any atom is 0.264 e. The Hall–Kier alpha value is -4.34. The molecule has 0 saturated heterocycles. The van der Waals surface area contributed by atoms with Gasteiger partial charge in [0.2, 0.25) is 11.8 Å². The summed E-state index contributed by atoms with van der Waals surface area (Å²) in [5, 5.41) is 3.53. The smallest absolute Gasteiger partial charge is 0.264 e. The molecule has 0 aromatic heterocycles. The number of anilines is 1. The molecule has 0 aliphatic heterocycles. The fourth-order valence-corrected chi connectivity index (χ4v) is 6.45. The number of amides is 2. The van der Waals surface area contributed by atoms with Gasteiger partial charge >= 0.3 is 0 Å². The van der Waals surface area contributed by atoms with Crippen LogP contribution in [0.3, 0.4) is 0 Å². The second-order valence-corrected chi connectivity index (χ2v) is 13.5. The molecule has 46 heavy (non-hydrogen) atoms. The highest BCUT2D eigenvalue weighted by atomic mass is 35.5. The highest BCUT2D eigenvalue weighted by molar-refractivity contribution is 7.92. The van der Waals surface area contributed by atoms with Gasteiger partial charge in [-0.05, 0) is 72.5 Å². The number of ether oxygens (including phenoxy) is 1. The van der Waals surface area contributed by atoms with Gasteiger partial charge in [-0.15, -0.1) is 0 Å². The van der Waals surface area contributed by atoms with Gasteiger partial charge in [0.05, 0.1) is 17.2 Å². The zero-order valence-corrected chi connectivity index (χ0v) is 27.9. The number of hydrogen-bond donors (Lipinski definition) is 1. The molecule has 0 fully saturated rings. The normalized spacial score (nSPS) is 11.9. The Morgan fingerprint density at radius 3 is 2.02 bits per heavy atom. The lowest BCUT2D eigenvalue weighted by molar-refractivity contribution is -0.140. The van der Waals surface area contributed by atoms with Crippen LogP contribution >= 0.6 is 11.6 Å². The first-order chi connectivity index (χ1) is 22.1. The van der Waals surface area contributed by atoms with Crippen molar-refractivity contribution in [2.24, 2.45) is 5.92 Å². The monoisotopic (exact) mass is 661 g/mol. The predicted molar refractivity (Wildman–Crippen MR) is 182 cm³/mol. The van der Waals surface area contributed by atoms with Gasteiger partial charge in [-0.25, -0.2) is 8.42 Å². The SMILES string of the molecule is CCOc1ccc(N(CC(=O)N(Cc2ccc(Cl)cc2)C(Cc2ccccc2)C(=O)NCC(C)C)S(=O)(=O)c2ccccc2)cc1. The van der Waals surface area contributed by atoms with Gasteiger partial charge in [-0.3, -0.25) is 13.9 Å². The fraction of sp³-hybridized carbons (Fsp3) is 0.278. The van der Waals surface area contributed by atoms with Crippen LogP contribution in [0.2, 0.25) is 5.02 Å². The molecule has 4 aromatic carbocycles. The molecule has 4 aromatic rings. The van der Waals surface area contributed by atoms with Crippen molar-refractivity contribution in [3.05, 3.63) is 125 Å². The van der Waals surface area contributed by atoms with Gasteiger partial charge in [0.15, 0.2) is 0 Å². The first kappa shape index (κ1) is 34.5. The summed E-state index contributed by atoms with van der Waals surface area (Å²) in [5.74, 6) is -0.0981. The maximum atomic E-state index is 14.5. The molecular formula is C36H40ClN3O5S. The molecular weight excluding hydrogens is 622 g/mol. The largest absolute Gasteiger partial charge is 0.494 e. The molecule has 1 atom stereocenters. The lowest BCUT2D eigenvalue weighted by Crippen LogP contribution is -2.53. The van der Waals surface area contributed by atoms with Gasteiger partial charge in [0, 0.05) is 24.5 Å². The minimum Gasteiger partial charge on any atom is -0.494 e. The van der Waals surface area contributed by atoms with Crippen LogP contribution in [0, 0.1) is 5.92 Å². The van der Waals surface area contributed by atoms with Crippen LogP contribution in [0.15, 0.2) is 114 Å². The molecule has 242 valence electrons. The Morgan fingerprint density at radius 1 is 0.826 bits per heavy atom. The van der Waals surface area contributed by atoms with Crippen LogP contribution in [-0.2, 0) is 32.6 Å². The summed E-state index contributed by atoms with van der Waals surface area (Å²) in [6, 6.07) is 30.1. The molecule has 0 spiro atoms. The van der Waals surface area contributed by atoms with Crippen molar-refractivity contribution in [3.63, 3.8) is 0 Å². The molecule has 2 amide bonds. The second kappa shape index (κ2) is 16.3. The van der Waals surface area contributed by atoms with E-state index in [-0.39, 0.29) is 35.4 Å². The van der Waals surface area contributed by atoms with E-state index in [0.29, 0.717) is 23.9 Å². The van der Waals surface area contributed by atoms with E-state index in [0.717, 1.165) is 15.4 Å². The van der Waals surface area contributed by atoms with E-state index in [1.807, 2.05) is 51.1 Å². The van der Waals surface area contributed by atoms with Crippen LogP contribution in [-0.4, -0.2) is 50.9 Å². The Kier molecular flexibility index (Phi) is 12.2. The second-order valence-electron chi connectivity index (χ2n) is 11.2. The molecule has 8 nitrogen and oxygen atoms in total. The molecule has 1 unspecified atom stereocenters. The molecule has 0 radical (unpaired) electrons. The highest BCUT2D eigenvalue weighted by Crippen LogP contribution is 2.27. The average Bonchev–Trinajstić information content (AvgIpc) is 3.06. The molecule has 0 aliphatic carbocycles. The third-order valence-electron chi connectivity index (χ3n) is 7.27.